The maximum Gasteiger partial charge on any atom is 0.107 e. The summed E-state index contributed by atoms with van der Waals surface area (Å²) < 4.78 is 1.72. The van der Waals surface area contributed by atoms with Gasteiger partial charge in [-0.3, -0.25) is 0 Å². The van der Waals surface area contributed by atoms with Crippen LogP contribution in [-0.4, -0.2) is 13.1 Å². The van der Waals surface area contributed by atoms with Crippen LogP contribution in [0.2, 0.25) is 4.34 Å². The van der Waals surface area contributed by atoms with E-state index in [9.17, 15) is 0 Å². The fraction of sp³-hybridized carbons (Fsp3) is 0.333. The molecule has 0 amide bonds. The van der Waals surface area contributed by atoms with Gasteiger partial charge in [-0.05, 0) is 53.5 Å². The lowest BCUT2D eigenvalue weighted by molar-refractivity contribution is 0.653. The van der Waals surface area contributed by atoms with Crippen LogP contribution in [0.3, 0.4) is 0 Å². The third-order valence-electron chi connectivity index (χ3n) is 3.27. The minimum absolute atomic E-state index is 0.149. The van der Waals surface area contributed by atoms with Gasteiger partial charge in [0, 0.05) is 28.1 Å². The second-order valence-electron chi connectivity index (χ2n) is 4.65. The Morgan fingerprint density at radius 2 is 2.15 bits per heavy atom. The Kier molecular flexibility index (Phi) is 5.49. The van der Waals surface area contributed by atoms with Crippen LogP contribution in [0, 0.1) is 6.92 Å². The maximum absolute atomic E-state index is 6.16. The maximum atomic E-state index is 6.16. The van der Waals surface area contributed by atoms with Gasteiger partial charge in [-0.15, -0.1) is 11.3 Å². The molecular weight excluding hydrogens is 356 g/mol. The molecule has 2 aromatic rings. The molecule has 0 aliphatic carbocycles. The fourth-order valence-electron chi connectivity index (χ4n) is 2.31. The average molecular weight is 374 g/mol. The summed E-state index contributed by atoms with van der Waals surface area (Å²) in [4.78, 5) is 3.51. The van der Waals surface area contributed by atoms with E-state index in [0.29, 0.717) is 6.54 Å². The molecule has 0 aliphatic heterocycles. The van der Waals surface area contributed by atoms with E-state index in [1.54, 1.807) is 11.3 Å². The van der Waals surface area contributed by atoms with Crippen LogP contribution in [0.5, 0.6) is 0 Å². The van der Waals surface area contributed by atoms with Crippen molar-refractivity contribution < 1.29 is 0 Å². The first-order valence-corrected chi connectivity index (χ1v) is 8.53. The van der Waals surface area contributed by atoms with E-state index in [1.807, 2.05) is 0 Å². The highest BCUT2D eigenvalue weighted by atomic mass is 79.9. The Morgan fingerprint density at radius 1 is 1.40 bits per heavy atom. The van der Waals surface area contributed by atoms with Crippen LogP contribution in [0.15, 0.2) is 34.8 Å². The highest BCUT2D eigenvalue weighted by Crippen LogP contribution is 2.38. The zero-order valence-electron chi connectivity index (χ0n) is 11.6. The minimum Gasteiger partial charge on any atom is -0.363 e. The summed E-state index contributed by atoms with van der Waals surface area (Å²) in [5.41, 5.74) is 8.47. The molecule has 20 heavy (non-hydrogen) atoms. The van der Waals surface area contributed by atoms with Crippen molar-refractivity contribution in [2.45, 2.75) is 19.9 Å². The summed E-state index contributed by atoms with van der Waals surface area (Å²) in [5.74, 6) is 0. The van der Waals surface area contributed by atoms with Crippen molar-refractivity contribution in [1.82, 2.24) is 0 Å². The van der Waals surface area contributed by atoms with E-state index in [2.05, 4.69) is 65.0 Å². The number of anilines is 1. The molecule has 1 heterocycles. The van der Waals surface area contributed by atoms with Gasteiger partial charge in [-0.2, -0.15) is 0 Å². The molecule has 2 rings (SSSR count). The van der Waals surface area contributed by atoms with E-state index >= 15 is 0 Å². The lowest BCUT2D eigenvalue weighted by atomic mass is 10.1. The molecule has 0 fully saturated rings. The molecule has 2 N–H and O–H groups in total. The van der Waals surface area contributed by atoms with Crippen molar-refractivity contribution in [3.8, 4) is 0 Å². The SMILES string of the molecule is CCN(c1cccc(C)c1)C(CN)c1cc(Br)c(Cl)s1. The van der Waals surface area contributed by atoms with Gasteiger partial charge in [0.2, 0.25) is 0 Å². The summed E-state index contributed by atoms with van der Waals surface area (Å²) in [6.45, 7) is 5.71. The van der Waals surface area contributed by atoms with Crippen molar-refractivity contribution in [3.63, 3.8) is 0 Å². The molecule has 1 aromatic carbocycles. The number of rotatable bonds is 5. The van der Waals surface area contributed by atoms with E-state index < -0.39 is 0 Å². The van der Waals surface area contributed by atoms with Gasteiger partial charge < -0.3 is 10.6 Å². The van der Waals surface area contributed by atoms with Gasteiger partial charge in [0.15, 0.2) is 0 Å². The van der Waals surface area contributed by atoms with Crippen molar-refractivity contribution in [1.29, 1.82) is 0 Å². The molecule has 0 saturated heterocycles. The topological polar surface area (TPSA) is 29.3 Å². The van der Waals surface area contributed by atoms with Crippen molar-refractivity contribution in [2.24, 2.45) is 5.73 Å². The lowest BCUT2D eigenvalue weighted by Crippen LogP contribution is -2.33. The molecule has 1 aromatic heterocycles. The minimum atomic E-state index is 0.149. The smallest absolute Gasteiger partial charge is 0.107 e. The number of hydrogen-bond donors (Lipinski definition) is 1. The molecule has 2 nitrogen and oxygen atoms in total. The first-order valence-electron chi connectivity index (χ1n) is 6.55. The molecule has 0 saturated carbocycles. The highest BCUT2D eigenvalue weighted by molar-refractivity contribution is 9.10. The quantitative estimate of drug-likeness (QED) is 0.799. The third-order valence-corrected chi connectivity index (χ3v) is 5.84. The van der Waals surface area contributed by atoms with E-state index in [-0.39, 0.29) is 6.04 Å². The number of nitrogens with zero attached hydrogens (tertiary/aromatic N) is 1. The summed E-state index contributed by atoms with van der Waals surface area (Å²) >= 11 is 11.2. The number of likely N-dealkylation sites (N-methyl/N-ethyl adjacent to an activating group) is 1. The Balaban J connectivity index is 2.37. The summed E-state index contributed by atoms with van der Waals surface area (Å²) in [6.07, 6.45) is 0. The predicted octanol–water partition coefficient (Wildman–Crippen LogP) is 5.00. The predicted molar refractivity (Wildman–Crippen MR) is 93.0 cm³/mol. The van der Waals surface area contributed by atoms with Crippen molar-refractivity contribution in [2.75, 3.05) is 18.0 Å². The van der Waals surface area contributed by atoms with Gasteiger partial charge >= 0.3 is 0 Å². The Morgan fingerprint density at radius 3 is 2.65 bits per heavy atom. The molecular formula is C15H18BrClN2S. The zero-order chi connectivity index (χ0) is 14.7. The summed E-state index contributed by atoms with van der Waals surface area (Å²) in [5, 5.41) is 0. The highest BCUT2D eigenvalue weighted by Gasteiger charge is 2.21. The summed E-state index contributed by atoms with van der Waals surface area (Å²) in [7, 11) is 0. The number of hydrogen-bond acceptors (Lipinski definition) is 3. The van der Waals surface area contributed by atoms with E-state index in [0.717, 1.165) is 15.4 Å². The number of halogens is 2. The number of thiophene rings is 1. The molecule has 108 valence electrons. The fourth-order valence-corrected chi connectivity index (χ4v) is 4.18. The summed E-state index contributed by atoms with van der Waals surface area (Å²) in [6, 6.07) is 10.7. The van der Waals surface area contributed by atoms with Gasteiger partial charge in [-0.25, -0.2) is 0 Å². The van der Waals surface area contributed by atoms with Crippen LogP contribution in [0.1, 0.15) is 23.4 Å². The monoisotopic (exact) mass is 372 g/mol. The second-order valence-corrected chi connectivity index (χ2v) is 7.19. The molecule has 5 heteroatoms. The largest absolute Gasteiger partial charge is 0.363 e. The average Bonchev–Trinajstić information content (AvgIpc) is 2.75. The number of nitrogens with two attached hydrogens (primary N) is 1. The normalized spacial score (nSPS) is 12.4. The van der Waals surface area contributed by atoms with Crippen LogP contribution < -0.4 is 10.6 Å². The van der Waals surface area contributed by atoms with Gasteiger partial charge in [-0.1, -0.05) is 23.7 Å². The van der Waals surface area contributed by atoms with Gasteiger partial charge in [0.25, 0.3) is 0 Å². The van der Waals surface area contributed by atoms with Gasteiger partial charge in [0.1, 0.15) is 4.34 Å². The van der Waals surface area contributed by atoms with Crippen LogP contribution in [0.4, 0.5) is 5.69 Å². The lowest BCUT2D eigenvalue weighted by Gasteiger charge is -2.31. The molecule has 1 atom stereocenters. The Hall–Kier alpha value is -0.550. The molecule has 0 radical (unpaired) electrons. The molecule has 1 unspecified atom stereocenters. The van der Waals surface area contributed by atoms with E-state index in [4.69, 9.17) is 17.3 Å². The van der Waals surface area contributed by atoms with Crippen LogP contribution >= 0.6 is 38.9 Å². The molecule has 0 bridgehead atoms. The van der Waals surface area contributed by atoms with Crippen molar-refractivity contribution >= 4 is 44.6 Å². The standard InChI is InChI=1S/C15H18BrClN2S/c1-3-19(11-6-4-5-10(2)7-11)13(9-18)14-8-12(16)15(17)20-14/h4-8,13H,3,9,18H2,1-2H3. The number of benzene rings is 1. The first kappa shape index (κ1) is 15.8. The first-order chi connectivity index (χ1) is 9.56. The van der Waals surface area contributed by atoms with Gasteiger partial charge in [0.05, 0.1) is 6.04 Å². The van der Waals surface area contributed by atoms with Crippen LogP contribution in [0.25, 0.3) is 0 Å². The van der Waals surface area contributed by atoms with Crippen LogP contribution in [-0.2, 0) is 0 Å². The molecule has 0 spiro atoms. The molecule has 0 aliphatic rings. The Labute approximate surface area is 137 Å². The Bertz CT molecular complexity index is 566. The zero-order valence-corrected chi connectivity index (χ0v) is 14.7. The van der Waals surface area contributed by atoms with Crippen molar-refractivity contribution in [3.05, 3.63) is 49.6 Å². The second kappa shape index (κ2) is 6.94. The third kappa shape index (κ3) is 3.37. The number of aryl methyl sites for hydroxylation is 1. The van der Waals surface area contributed by atoms with E-state index in [1.165, 1.54) is 16.1 Å².